The molecule has 1 aromatic carbocycles. The van der Waals surface area contributed by atoms with Gasteiger partial charge in [0.1, 0.15) is 11.4 Å². The Bertz CT molecular complexity index is 1650. The maximum atomic E-state index is 13.6. The molecular formula is C39H55ClN4O5S. The van der Waals surface area contributed by atoms with Crippen LogP contribution in [-0.2, 0) is 14.8 Å². The number of nitrogens with zero attached hydrogens (tertiary/aromatic N) is 3. The predicted octanol–water partition coefficient (Wildman–Crippen LogP) is 5.83. The van der Waals surface area contributed by atoms with Gasteiger partial charge in [-0.1, -0.05) is 56.2 Å². The highest BCUT2D eigenvalue weighted by molar-refractivity contribution is 7.90. The van der Waals surface area contributed by atoms with E-state index in [4.69, 9.17) is 21.1 Å². The summed E-state index contributed by atoms with van der Waals surface area (Å²) in [7, 11) is -1.75. The number of anilines is 1. The van der Waals surface area contributed by atoms with Gasteiger partial charge in [0.2, 0.25) is 10.0 Å². The quantitative estimate of drug-likeness (QED) is 0.335. The van der Waals surface area contributed by atoms with Gasteiger partial charge in [0.05, 0.1) is 24.2 Å². The van der Waals surface area contributed by atoms with Crippen LogP contribution in [0.3, 0.4) is 0 Å². The minimum atomic E-state index is -3.93. The van der Waals surface area contributed by atoms with E-state index in [1.807, 2.05) is 25.1 Å². The van der Waals surface area contributed by atoms with Crippen LogP contribution >= 0.6 is 11.6 Å². The summed E-state index contributed by atoms with van der Waals surface area (Å²) in [6.45, 7) is 12.6. The third kappa shape index (κ3) is 7.16. The Labute approximate surface area is 304 Å². The lowest BCUT2D eigenvalue weighted by atomic mass is 9.63. The number of carbonyl (C=O) groups is 1. The van der Waals surface area contributed by atoms with Gasteiger partial charge in [-0.05, 0) is 94.0 Å². The van der Waals surface area contributed by atoms with Crippen molar-refractivity contribution >= 4 is 33.2 Å². The number of hydrogen-bond acceptors (Lipinski definition) is 8. The van der Waals surface area contributed by atoms with Crippen LogP contribution < -0.4 is 14.4 Å². The Balaban J connectivity index is 1.27. The SMILES string of the molecule is C[C@@H]1[C@@H](C)C/C=C/[C@]2(CN3CCN(C)C[C@H]3CO2)[C@@H]2CC[C@H]2CN2CCCCC3C=C(Cl)C=CC3(C)COc3ccc(cc32)C(=O)NS1(=O)=O. The number of likely N-dealkylation sites (N-methyl/N-ethyl adjacent to an activating group) is 1. The number of ether oxygens (including phenoxy) is 2. The van der Waals surface area contributed by atoms with Gasteiger partial charge in [0.15, 0.2) is 0 Å². The van der Waals surface area contributed by atoms with Crippen molar-refractivity contribution in [1.82, 2.24) is 14.5 Å². The molecule has 1 N–H and O–H groups in total. The van der Waals surface area contributed by atoms with Gasteiger partial charge in [-0.3, -0.25) is 9.69 Å². The molecule has 274 valence electrons. The number of halogens is 1. The van der Waals surface area contributed by atoms with Gasteiger partial charge in [-0.25, -0.2) is 13.1 Å². The minimum absolute atomic E-state index is 0.196. The van der Waals surface area contributed by atoms with Crippen molar-refractivity contribution in [3.63, 3.8) is 0 Å². The first-order chi connectivity index (χ1) is 23.9. The number of sulfonamides is 1. The maximum Gasteiger partial charge on any atom is 0.264 e. The summed E-state index contributed by atoms with van der Waals surface area (Å²) >= 11 is 6.49. The average molecular weight is 727 g/mol. The van der Waals surface area contributed by atoms with Crippen molar-refractivity contribution in [3.05, 3.63) is 59.2 Å². The normalized spacial score (nSPS) is 38.9. The van der Waals surface area contributed by atoms with Gasteiger partial charge in [0, 0.05) is 61.3 Å². The molecule has 1 aromatic rings. The fourth-order valence-electron chi connectivity index (χ4n) is 9.09. The van der Waals surface area contributed by atoms with E-state index in [1.165, 1.54) is 0 Å². The molecule has 7 rings (SSSR count). The standard InChI is InChI=1S/C39H55ClN4O5S/c1-27-8-7-15-39(25-44-19-18-42(4)23-33(44)24-49-39)34-12-10-30(34)22-43-17-6-5-9-31-21-32(40)14-16-38(31,3)26-48-36-13-11-29(20-35(36)43)37(45)41-50(46,47)28(27)2/h7,11,13-16,20-21,27-28,30-31,33-34H,5-6,8-10,12,17-19,22-26H2,1-4H3,(H,41,45)/b15-7+/t27-,28+,30-,31?,33-,34+,38?,39-/m0/s1. The number of hydrogen-bond donors (Lipinski definition) is 1. The van der Waals surface area contributed by atoms with Crippen molar-refractivity contribution in [1.29, 1.82) is 0 Å². The first-order valence-corrected chi connectivity index (χ1v) is 20.7. The molecule has 6 aliphatic rings. The zero-order chi connectivity index (χ0) is 35.3. The number of piperazine rings is 1. The molecule has 0 radical (unpaired) electrons. The first kappa shape index (κ1) is 36.0. The van der Waals surface area contributed by atoms with Crippen molar-refractivity contribution < 1.29 is 22.7 Å². The van der Waals surface area contributed by atoms with E-state index in [0.717, 1.165) is 82.1 Å². The molecule has 9 nitrogen and oxygen atoms in total. The number of amides is 1. The largest absolute Gasteiger partial charge is 0.490 e. The van der Waals surface area contributed by atoms with Gasteiger partial charge in [-0.2, -0.15) is 0 Å². The van der Waals surface area contributed by atoms with Crippen LogP contribution in [0.1, 0.15) is 69.7 Å². The van der Waals surface area contributed by atoms with Gasteiger partial charge in [0.25, 0.3) is 5.91 Å². The topological polar surface area (TPSA) is 91.4 Å². The van der Waals surface area contributed by atoms with Crippen molar-refractivity contribution in [2.45, 2.75) is 76.2 Å². The molecule has 1 saturated carbocycles. The number of carbonyl (C=O) groups excluding carboxylic acids is 1. The van der Waals surface area contributed by atoms with Gasteiger partial charge in [-0.15, -0.1) is 0 Å². The highest BCUT2D eigenvalue weighted by Crippen LogP contribution is 2.49. The summed E-state index contributed by atoms with van der Waals surface area (Å²) in [4.78, 5) is 21.0. The lowest BCUT2D eigenvalue weighted by Gasteiger charge is -2.56. The second-order valence-corrected chi connectivity index (χ2v) is 18.8. The Morgan fingerprint density at radius 2 is 1.88 bits per heavy atom. The molecule has 2 saturated heterocycles. The molecule has 50 heavy (non-hydrogen) atoms. The van der Waals surface area contributed by atoms with Crippen molar-refractivity contribution in [2.24, 2.45) is 29.1 Å². The van der Waals surface area contributed by atoms with Crippen LogP contribution in [0.4, 0.5) is 5.69 Å². The zero-order valence-corrected chi connectivity index (χ0v) is 31.7. The van der Waals surface area contributed by atoms with E-state index < -0.39 is 26.8 Å². The number of allylic oxidation sites excluding steroid dienone is 4. The first-order valence-electron chi connectivity index (χ1n) is 18.7. The van der Waals surface area contributed by atoms with Crippen LogP contribution in [0, 0.1) is 29.1 Å². The monoisotopic (exact) mass is 726 g/mol. The lowest BCUT2D eigenvalue weighted by molar-refractivity contribution is -0.173. The minimum Gasteiger partial charge on any atom is -0.490 e. The molecule has 4 heterocycles. The van der Waals surface area contributed by atoms with E-state index >= 15 is 0 Å². The Morgan fingerprint density at radius 1 is 1.04 bits per heavy atom. The number of morpholine rings is 1. The Kier molecular flexibility index (Phi) is 10.2. The molecule has 1 amide bonds. The van der Waals surface area contributed by atoms with Crippen LogP contribution in [-0.4, -0.2) is 101 Å². The summed E-state index contributed by atoms with van der Waals surface area (Å²) in [5.74, 6) is 0.893. The van der Waals surface area contributed by atoms with E-state index in [1.54, 1.807) is 13.0 Å². The number of rotatable bonds is 0. The molecule has 2 aliphatic carbocycles. The van der Waals surface area contributed by atoms with Crippen LogP contribution in [0.5, 0.6) is 5.75 Å². The molecule has 2 bridgehead atoms. The zero-order valence-electron chi connectivity index (χ0n) is 30.2. The summed E-state index contributed by atoms with van der Waals surface area (Å²) < 4.78 is 43.2. The van der Waals surface area contributed by atoms with Gasteiger partial charge < -0.3 is 19.3 Å². The summed E-state index contributed by atoms with van der Waals surface area (Å²) in [5, 5.41) is 0.0140. The molecule has 3 fully saturated rings. The molecular weight excluding hydrogens is 672 g/mol. The van der Waals surface area contributed by atoms with Gasteiger partial charge >= 0.3 is 0 Å². The second-order valence-electron chi connectivity index (χ2n) is 16.3. The number of benzene rings is 1. The number of fused-ring (bicyclic) bond motifs is 5. The molecule has 1 spiro atoms. The molecule has 8 atom stereocenters. The highest BCUT2D eigenvalue weighted by Gasteiger charge is 2.52. The highest BCUT2D eigenvalue weighted by atomic mass is 35.5. The fraction of sp³-hybridized carbons (Fsp3) is 0.667. The molecule has 11 heteroatoms. The maximum absolute atomic E-state index is 13.6. The fourth-order valence-corrected chi connectivity index (χ4v) is 10.6. The third-order valence-corrected chi connectivity index (χ3v) is 15.0. The van der Waals surface area contributed by atoms with Crippen molar-refractivity contribution in [2.75, 3.05) is 64.4 Å². The molecule has 4 aliphatic heterocycles. The summed E-state index contributed by atoms with van der Waals surface area (Å²) in [6.07, 6.45) is 16.6. The van der Waals surface area contributed by atoms with Crippen LogP contribution in [0.15, 0.2) is 53.6 Å². The summed E-state index contributed by atoms with van der Waals surface area (Å²) in [6, 6.07) is 5.78. The van der Waals surface area contributed by atoms with Crippen molar-refractivity contribution in [3.8, 4) is 5.75 Å². The summed E-state index contributed by atoms with van der Waals surface area (Å²) in [5.41, 5.74) is 0.503. The van der Waals surface area contributed by atoms with Crippen LogP contribution in [0.25, 0.3) is 0 Å². The lowest BCUT2D eigenvalue weighted by Crippen LogP contribution is -2.66. The Hall–Kier alpha value is -2.37. The van der Waals surface area contributed by atoms with Crippen LogP contribution in [0.2, 0.25) is 0 Å². The van der Waals surface area contributed by atoms with E-state index in [0.29, 0.717) is 48.8 Å². The van der Waals surface area contributed by atoms with E-state index in [-0.39, 0.29) is 17.3 Å². The molecule has 2 unspecified atom stereocenters. The predicted molar refractivity (Wildman–Crippen MR) is 199 cm³/mol. The third-order valence-electron chi connectivity index (χ3n) is 12.9. The second kappa shape index (κ2) is 14.2. The van der Waals surface area contributed by atoms with E-state index in [2.05, 4.69) is 57.7 Å². The Morgan fingerprint density at radius 3 is 2.68 bits per heavy atom. The number of nitrogens with one attached hydrogen (secondary N) is 1. The average Bonchev–Trinajstić information content (AvgIpc) is 3.09. The molecule has 0 aromatic heterocycles. The smallest absolute Gasteiger partial charge is 0.264 e. The van der Waals surface area contributed by atoms with E-state index in [9.17, 15) is 13.2 Å².